The monoisotopic (exact) mass is 524 g/mol. The van der Waals surface area contributed by atoms with Gasteiger partial charge in [-0.3, -0.25) is 4.79 Å². The molecule has 0 spiro atoms. The first-order valence-electron chi connectivity index (χ1n) is 12.8. The molecule has 1 saturated heterocycles. The number of primary amides is 1. The van der Waals surface area contributed by atoms with Crippen LogP contribution in [-0.4, -0.2) is 35.7 Å². The summed E-state index contributed by atoms with van der Waals surface area (Å²) in [7, 11) is 0. The summed E-state index contributed by atoms with van der Waals surface area (Å²) in [5.74, 6) is 1.79. The van der Waals surface area contributed by atoms with E-state index in [1.807, 2.05) is 13.0 Å². The van der Waals surface area contributed by atoms with E-state index in [1.165, 1.54) is 12.1 Å². The van der Waals surface area contributed by atoms with Gasteiger partial charge in [-0.25, -0.2) is 4.98 Å². The lowest BCUT2D eigenvalue weighted by Crippen LogP contribution is -2.24. The lowest BCUT2D eigenvalue weighted by atomic mass is 9.98. The predicted molar refractivity (Wildman–Crippen MR) is 135 cm³/mol. The van der Waals surface area contributed by atoms with E-state index in [1.54, 1.807) is 18.3 Å². The number of aromatic nitrogens is 2. The average molecular weight is 525 g/mol. The molecule has 3 aromatic rings. The van der Waals surface area contributed by atoms with Crippen molar-refractivity contribution in [3.63, 3.8) is 0 Å². The number of allylic oxidation sites excluding steroid dienone is 1. The molecule has 2 aliphatic carbocycles. The molecule has 2 atom stereocenters. The SMILES string of the molecule is CCOc1cc(N2CC3C(C=Cc4c(-c5ccccc5C(F)(F)F)noc4C4CC4)C3C2)cnc1C(N)=O. The van der Waals surface area contributed by atoms with Crippen molar-refractivity contribution >= 4 is 17.7 Å². The zero-order chi connectivity index (χ0) is 26.6. The van der Waals surface area contributed by atoms with E-state index in [4.69, 9.17) is 15.0 Å². The fraction of sp³-hybridized carbons (Fsp3) is 0.393. The zero-order valence-electron chi connectivity index (χ0n) is 20.7. The largest absolute Gasteiger partial charge is 0.491 e. The molecular weight excluding hydrogens is 497 g/mol. The lowest BCUT2D eigenvalue weighted by molar-refractivity contribution is -0.137. The molecule has 1 aliphatic heterocycles. The summed E-state index contributed by atoms with van der Waals surface area (Å²) >= 11 is 0. The molecule has 10 heteroatoms. The number of piperidine rings is 1. The van der Waals surface area contributed by atoms with Crippen molar-refractivity contribution in [1.29, 1.82) is 0 Å². The maximum absolute atomic E-state index is 13.7. The number of ether oxygens (including phenoxy) is 1. The number of nitrogens with two attached hydrogens (primary N) is 1. The van der Waals surface area contributed by atoms with E-state index in [0.29, 0.717) is 41.4 Å². The molecule has 3 fully saturated rings. The fourth-order valence-corrected chi connectivity index (χ4v) is 5.58. The van der Waals surface area contributed by atoms with Gasteiger partial charge in [0.05, 0.1) is 24.1 Å². The Labute approximate surface area is 217 Å². The van der Waals surface area contributed by atoms with Gasteiger partial charge in [0.15, 0.2) is 11.4 Å². The van der Waals surface area contributed by atoms with Crippen molar-refractivity contribution in [3.05, 3.63) is 65.2 Å². The summed E-state index contributed by atoms with van der Waals surface area (Å²) in [6.45, 7) is 3.85. The molecule has 2 saturated carbocycles. The van der Waals surface area contributed by atoms with Crippen LogP contribution in [0.4, 0.5) is 18.9 Å². The first-order valence-corrected chi connectivity index (χ1v) is 12.8. The molecule has 7 nitrogen and oxygen atoms in total. The summed E-state index contributed by atoms with van der Waals surface area (Å²) in [6, 6.07) is 7.30. The summed E-state index contributed by atoms with van der Waals surface area (Å²) in [4.78, 5) is 18.1. The number of anilines is 1. The molecule has 38 heavy (non-hydrogen) atoms. The van der Waals surface area contributed by atoms with Gasteiger partial charge in [0, 0.05) is 36.2 Å². The van der Waals surface area contributed by atoms with Crippen LogP contribution < -0.4 is 15.4 Å². The third kappa shape index (κ3) is 4.41. The van der Waals surface area contributed by atoms with Crippen LogP contribution in [0, 0.1) is 17.8 Å². The minimum Gasteiger partial charge on any atom is -0.491 e. The smallest absolute Gasteiger partial charge is 0.417 e. The highest BCUT2D eigenvalue weighted by Gasteiger charge is 2.54. The van der Waals surface area contributed by atoms with Crippen LogP contribution in [0.1, 0.15) is 53.1 Å². The maximum Gasteiger partial charge on any atom is 0.417 e. The standard InChI is InChI=1S/C28H27F3N4O3/c1-2-37-23-11-16(12-33-25(23)27(32)36)35-13-20-17(21(20)14-35)9-10-19-24(34-38-26(19)15-7-8-15)18-5-3-4-6-22(18)28(29,30)31/h3-6,9-12,15,17,20-21H,2,7-8,13-14H2,1H3,(H2,32,36). The Morgan fingerprint density at radius 3 is 2.63 bits per heavy atom. The lowest BCUT2D eigenvalue weighted by Gasteiger charge is -2.22. The molecule has 0 bridgehead atoms. The minimum absolute atomic E-state index is 0.0366. The van der Waals surface area contributed by atoms with Crippen LogP contribution in [-0.2, 0) is 6.18 Å². The molecule has 3 aliphatic rings. The Morgan fingerprint density at radius 1 is 1.24 bits per heavy atom. The van der Waals surface area contributed by atoms with Gasteiger partial charge in [-0.1, -0.05) is 35.5 Å². The van der Waals surface area contributed by atoms with Gasteiger partial charge in [0.1, 0.15) is 11.5 Å². The minimum atomic E-state index is -4.49. The van der Waals surface area contributed by atoms with Crippen molar-refractivity contribution < 1.29 is 27.2 Å². The van der Waals surface area contributed by atoms with Crippen molar-refractivity contribution in [2.75, 3.05) is 24.6 Å². The number of halogens is 3. The van der Waals surface area contributed by atoms with Crippen LogP contribution in [0.2, 0.25) is 0 Å². The van der Waals surface area contributed by atoms with Gasteiger partial charge in [0.2, 0.25) is 0 Å². The molecule has 2 aromatic heterocycles. The van der Waals surface area contributed by atoms with Crippen LogP contribution in [0.3, 0.4) is 0 Å². The summed E-state index contributed by atoms with van der Waals surface area (Å²) in [5, 5.41) is 4.10. The number of rotatable bonds is 8. The molecule has 2 N–H and O–H groups in total. The van der Waals surface area contributed by atoms with Crippen molar-refractivity contribution in [2.45, 2.75) is 31.9 Å². The first kappa shape index (κ1) is 24.5. The highest BCUT2D eigenvalue weighted by Crippen LogP contribution is 2.54. The summed E-state index contributed by atoms with van der Waals surface area (Å²) in [6.07, 6.45) is 3.07. The number of benzene rings is 1. The van der Waals surface area contributed by atoms with Crippen molar-refractivity contribution in [3.8, 4) is 17.0 Å². The quantitative estimate of drug-likeness (QED) is 0.417. The Bertz CT molecular complexity index is 1400. The normalized spacial score (nSPS) is 22.6. The van der Waals surface area contributed by atoms with E-state index in [0.717, 1.165) is 37.7 Å². The van der Waals surface area contributed by atoms with Crippen LogP contribution >= 0.6 is 0 Å². The maximum atomic E-state index is 13.7. The van der Waals surface area contributed by atoms with E-state index in [-0.39, 0.29) is 22.9 Å². The van der Waals surface area contributed by atoms with Gasteiger partial charge >= 0.3 is 6.18 Å². The van der Waals surface area contributed by atoms with E-state index >= 15 is 0 Å². The number of pyridine rings is 1. The molecule has 3 heterocycles. The first-order chi connectivity index (χ1) is 18.3. The molecular formula is C28H27F3N4O3. The number of nitrogens with zero attached hydrogens (tertiary/aromatic N) is 3. The number of hydrogen-bond acceptors (Lipinski definition) is 6. The van der Waals surface area contributed by atoms with Crippen LogP contribution in [0.25, 0.3) is 17.3 Å². The van der Waals surface area contributed by atoms with E-state index < -0.39 is 17.6 Å². The molecule has 1 aromatic carbocycles. The third-order valence-electron chi connectivity index (χ3n) is 7.67. The fourth-order valence-electron chi connectivity index (χ4n) is 5.58. The molecule has 1 amide bonds. The average Bonchev–Trinajstić information content (AvgIpc) is 3.75. The number of carbonyl (C=O) groups is 1. The number of hydrogen-bond donors (Lipinski definition) is 1. The number of carbonyl (C=O) groups excluding carboxylic acids is 1. The van der Waals surface area contributed by atoms with Crippen molar-refractivity contribution in [1.82, 2.24) is 10.1 Å². The van der Waals surface area contributed by atoms with E-state index in [9.17, 15) is 18.0 Å². The Hall–Kier alpha value is -3.82. The Kier molecular flexibility index (Phi) is 5.92. The number of amides is 1. The molecule has 6 rings (SSSR count). The van der Waals surface area contributed by atoms with E-state index in [2.05, 4.69) is 21.1 Å². The molecule has 198 valence electrons. The topological polar surface area (TPSA) is 94.5 Å². The Morgan fingerprint density at radius 2 is 1.97 bits per heavy atom. The van der Waals surface area contributed by atoms with Gasteiger partial charge in [0.25, 0.3) is 5.91 Å². The van der Waals surface area contributed by atoms with Crippen LogP contribution in [0.15, 0.2) is 47.1 Å². The highest BCUT2D eigenvalue weighted by atomic mass is 19.4. The Balaban J connectivity index is 1.21. The molecule has 0 radical (unpaired) electrons. The summed E-state index contributed by atoms with van der Waals surface area (Å²) < 4.78 is 52.3. The molecule has 2 unspecified atom stereocenters. The number of alkyl halides is 3. The van der Waals surface area contributed by atoms with Gasteiger partial charge in [-0.05, 0) is 43.6 Å². The zero-order valence-corrected chi connectivity index (χ0v) is 20.7. The second-order valence-electron chi connectivity index (χ2n) is 10.1. The van der Waals surface area contributed by atoms with Crippen LogP contribution in [0.5, 0.6) is 5.75 Å². The van der Waals surface area contributed by atoms with Crippen molar-refractivity contribution in [2.24, 2.45) is 23.5 Å². The second-order valence-corrected chi connectivity index (χ2v) is 10.1. The second kappa shape index (κ2) is 9.18. The van der Waals surface area contributed by atoms with Gasteiger partial charge in [-0.15, -0.1) is 0 Å². The number of fused-ring (bicyclic) bond motifs is 1. The highest BCUT2D eigenvalue weighted by molar-refractivity contribution is 5.94. The summed E-state index contributed by atoms with van der Waals surface area (Å²) in [5.41, 5.74) is 6.61. The van der Waals surface area contributed by atoms with Gasteiger partial charge in [-0.2, -0.15) is 13.2 Å². The van der Waals surface area contributed by atoms with Gasteiger partial charge < -0.3 is 19.9 Å². The third-order valence-corrected chi connectivity index (χ3v) is 7.67. The predicted octanol–water partition coefficient (Wildman–Crippen LogP) is 5.53.